The van der Waals surface area contributed by atoms with Crippen LogP contribution in [0.2, 0.25) is 0 Å². The number of hydrogen-bond donors (Lipinski definition) is 1. The highest BCUT2D eigenvalue weighted by Crippen LogP contribution is 2.21. The van der Waals surface area contributed by atoms with Crippen molar-refractivity contribution in [1.29, 1.82) is 0 Å². The number of halogens is 1. The second kappa shape index (κ2) is 8.19. The molecule has 2 aromatic rings. The van der Waals surface area contributed by atoms with Gasteiger partial charge in [0, 0.05) is 24.3 Å². The molecular weight excluding hydrogens is 367 g/mol. The minimum atomic E-state index is -3.55. The monoisotopic (exact) mass is 390 g/mol. The third-order valence-electron chi connectivity index (χ3n) is 4.75. The Kier molecular flexibility index (Phi) is 5.92. The highest BCUT2D eigenvalue weighted by atomic mass is 32.2. The number of hydrogen-bond acceptors (Lipinski definition) is 3. The third kappa shape index (κ3) is 4.54. The summed E-state index contributed by atoms with van der Waals surface area (Å²) in [6, 6.07) is 10.3. The van der Waals surface area contributed by atoms with Gasteiger partial charge in [0.2, 0.25) is 10.0 Å². The third-order valence-corrected chi connectivity index (χ3v) is 6.66. The van der Waals surface area contributed by atoms with Crippen LogP contribution in [0.3, 0.4) is 0 Å². The van der Waals surface area contributed by atoms with E-state index in [0.29, 0.717) is 29.9 Å². The summed E-state index contributed by atoms with van der Waals surface area (Å²) >= 11 is 0. The maximum atomic E-state index is 13.6. The Morgan fingerprint density at radius 1 is 1.00 bits per heavy atom. The van der Waals surface area contributed by atoms with Crippen molar-refractivity contribution in [2.75, 3.05) is 18.4 Å². The van der Waals surface area contributed by atoms with Gasteiger partial charge in [0.05, 0.1) is 4.90 Å². The predicted molar refractivity (Wildman–Crippen MR) is 103 cm³/mol. The van der Waals surface area contributed by atoms with Crippen LogP contribution in [-0.4, -0.2) is 31.7 Å². The Balaban J connectivity index is 1.74. The molecule has 1 N–H and O–H groups in total. The van der Waals surface area contributed by atoms with Crippen LogP contribution in [0.15, 0.2) is 47.4 Å². The SMILES string of the molecule is Cc1ccc(NC(=O)c2ccc(S(=O)(=O)N3CCCCCC3)cc2)cc1F. The quantitative estimate of drug-likeness (QED) is 0.860. The van der Waals surface area contributed by atoms with E-state index in [0.717, 1.165) is 25.7 Å². The molecular formula is C20H23FN2O3S. The normalized spacial score (nSPS) is 15.9. The van der Waals surface area contributed by atoms with Gasteiger partial charge in [-0.3, -0.25) is 4.79 Å². The fourth-order valence-electron chi connectivity index (χ4n) is 3.08. The molecule has 144 valence electrons. The lowest BCUT2D eigenvalue weighted by atomic mass is 10.2. The van der Waals surface area contributed by atoms with Crippen LogP contribution in [0.25, 0.3) is 0 Å². The number of nitrogens with one attached hydrogen (secondary N) is 1. The Labute approximate surface area is 159 Å². The van der Waals surface area contributed by atoms with Crippen LogP contribution in [-0.2, 0) is 10.0 Å². The van der Waals surface area contributed by atoms with Crippen molar-refractivity contribution in [3.8, 4) is 0 Å². The van der Waals surface area contributed by atoms with Crippen LogP contribution in [0.5, 0.6) is 0 Å². The van der Waals surface area contributed by atoms with Crippen LogP contribution in [0.4, 0.5) is 10.1 Å². The molecule has 0 spiro atoms. The van der Waals surface area contributed by atoms with Crippen molar-refractivity contribution in [2.24, 2.45) is 0 Å². The first-order valence-electron chi connectivity index (χ1n) is 9.05. The number of nitrogens with zero attached hydrogens (tertiary/aromatic N) is 1. The van der Waals surface area contributed by atoms with Crippen LogP contribution in [0.1, 0.15) is 41.6 Å². The highest BCUT2D eigenvalue weighted by molar-refractivity contribution is 7.89. The Morgan fingerprint density at radius 2 is 1.63 bits per heavy atom. The summed E-state index contributed by atoms with van der Waals surface area (Å²) in [6.45, 7) is 2.71. The van der Waals surface area contributed by atoms with Gasteiger partial charge in [-0.25, -0.2) is 12.8 Å². The molecule has 0 bridgehead atoms. The van der Waals surface area contributed by atoms with Crippen molar-refractivity contribution in [3.63, 3.8) is 0 Å². The number of rotatable bonds is 4. The number of benzene rings is 2. The molecule has 0 radical (unpaired) electrons. The first-order chi connectivity index (χ1) is 12.9. The molecule has 1 saturated heterocycles. The topological polar surface area (TPSA) is 66.5 Å². The molecule has 2 aromatic carbocycles. The van der Waals surface area contributed by atoms with Gasteiger partial charge in [0.15, 0.2) is 0 Å². The minimum Gasteiger partial charge on any atom is -0.322 e. The van der Waals surface area contributed by atoms with E-state index in [2.05, 4.69) is 5.32 Å². The van der Waals surface area contributed by atoms with E-state index < -0.39 is 21.7 Å². The lowest BCUT2D eigenvalue weighted by Crippen LogP contribution is -2.31. The van der Waals surface area contributed by atoms with Crippen molar-refractivity contribution in [3.05, 3.63) is 59.4 Å². The van der Waals surface area contributed by atoms with E-state index in [4.69, 9.17) is 0 Å². The molecule has 27 heavy (non-hydrogen) atoms. The molecule has 0 aliphatic carbocycles. The number of aryl methyl sites for hydroxylation is 1. The van der Waals surface area contributed by atoms with Gasteiger partial charge >= 0.3 is 0 Å². The van der Waals surface area contributed by atoms with E-state index >= 15 is 0 Å². The molecule has 0 aromatic heterocycles. The van der Waals surface area contributed by atoms with Crippen molar-refractivity contribution >= 4 is 21.6 Å². The summed E-state index contributed by atoms with van der Waals surface area (Å²) in [7, 11) is -3.55. The van der Waals surface area contributed by atoms with E-state index in [9.17, 15) is 17.6 Å². The largest absolute Gasteiger partial charge is 0.322 e. The van der Waals surface area contributed by atoms with Crippen LogP contribution >= 0.6 is 0 Å². The average Bonchev–Trinajstić information content (AvgIpc) is 2.95. The van der Waals surface area contributed by atoms with E-state index in [1.165, 1.54) is 34.6 Å². The highest BCUT2D eigenvalue weighted by Gasteiger charge is 2.25. The van der Waals surface area contributed by atoms with Gasteiger partial charge in [-0.1, -0.05) is 18.9 Å². The van der Waals surface area contributed by atoms with Crippen LogP contribution < -0.4 is 5.32 Å². The van der Waals surface area contributed by atoms with Crippen molar-refractivity contribution in [2.45, 2.75) is 37.5 Å². The maximum Gasteiger partial charge on any atom is 0.255 e. The molecule has 3 rings (SSSR count). The summed E-state index contributed by atoms with van der Waals surface area (Å²) in [6.07, 6.45) is 3.83. The predicted octanol–water partition coefficient (Wildman–Crippen LogP) is 3.95. The summed E-state index contributed by atoms with van der Waals surface area (Å²) in [5, 5.41) is 2.62. The van der Waals surface area contributed by atoms with Gasteiger partial charge in [-0.05, 0) is 61.7 Å². The Morgan fingerprint density at radius 3 is 2.22 bits per heavy atom. The second-order valence-electron chi connectivity index (χ2n) is 6.76. The molecule has 1 amide bonds. The standard InChI is InChI=1S/C20H23FN2O3S/c1-15-6-9-17(14-19(15)21)22-20(24)16-7-10-18(11-8-16)27(25,26)23-12-4-2-3-5-13-23/h6-11,14H,2-5,12-13H2,1H3,(H,22,24). The maximum absolute atomic E-state index is 13.6. The Hall–Kier alpha value is -2.25. The molecule has 0 atom stereocenters. The smallest absolute Gasteiger partial charge is 0.255 e. The summed E-state index contributed by atoms with van der Waals surface area (Å²) in [5.74, 6) is -0.816. The van der Waals surface area contributed by atoms with E-state index in [-0.39, 0.29) is 4.90 Å². The molecule has 0 unspecified atom stereocenters. The average molecular weight is 390 g/mol. The zero-order chi connectivity index (χ0) is 19.4. The summed E-state index contributed by atoms with van der Waals surface area (Å²) in [4.78, 5) is 12.5. The summed E-state index contributed by atoms with van der Waals surface area (Å²) in [5.41, 5.74) is 1.16. The molecule has 1 aliphatic heterocycles. The van der Waals surface area contributed by atoms with E-state index in [1.807, 2.05) is 0 Å². The molecule has 1 fully saturated rings. The Bertz CT molecular complexity index is 919. The second-order valence-corrected chi connectivity index (χ2v) is 8.70. The lowest BCUT2D eigenvalue weighted by molar-refractivity contribution is 0.102. The molecule has 1 aliphatic rings. The fraction of sp³-hybridized carbons (Fsp3) is 0.350. The molecule has 7 heteroatoms. The molecule has 5 nitrogen and oxygen atoms in total. The van der Waals surface area contributed by atoms with Gasteiger partial charge in [0.25, 0.3) is 5.91 Å². The van der Waals surface area contributed by atoms with Gasteiger partial charge in [-0.15, -0.1) is 0 Å². The summed E-state index contributed by atoms with van der Waals surface area (Å²) < 4.78 is 40.6. The fourth-order valence-corrected chi connectivity index (χ4v) is 4.60. The van der Waals surface area contributed by atoms with Gasteiger partial charge in [0.1, 0.15) is 5.82 Å². The first-order valence-corrected chi connectivity index (χ1v) is 10.5. The zero-order valence-electron chi connectivity index (χ0n) is 15.2. The van der Waals surface area contributed by atoms with Crippen molar-refractivity contribution < 1.29 is 17.6 Å². The number of carbonyl (C=O) groups is 1. The molecule has 1 heterocycles. The number of anilines is 1. The lowest BCUT2D eigenvalue weighted by Gasteiger charge is -2.20. The van der Waals surface area contributed by atoms with Crippen molar-refractivity contribution in [1.82, 2.24) is 4.31 Å². The number of amides is 1. The molecule has 0 saturated carbocycles. The number of sulfonamides is 1. The van der Waals surface area contributed by atoms with Crippen LogP contribution in [0, 0.1) is 12.7 Å². The van der Waals surface area contributed by atoms with Gasteiger partial charge in [-0.2, -0.15) is 4.31 Å². The number of carbonyl (C=O) groups excluding carboxylic acids is 1. The van der Waals surface area contributed by atoms with E-state index in [1.54, 1.807) is 19.1 Å². The zero-order valence-corrected chi connectivity index (χ0v) is 16.1. The first kappa shape index (κ1) is 19.5. The van der Waals surface area contributed by atoms with Gasteiger partial charge < -0.3 is 5.32 Å². The minimum absolute atomic E-state index is 0.183.